The first-order chi connectivity index (χ1) is 21.8. The molecule has 0 aliphatic rings. The second-order valence-electron chi connectivity index (χ2n) is 11.3. The molecule has 206 valence electrons. The van der Waals surface area contributed by atoms with Crippen LogP contribution in [-0.4, -0.2) is 0 Å². The van der Waals surface area contributed by atoms with Crippen LogP contribution < -0.4 is 4.90 Å². The lowest BCUT2D eigenvalue weighted by Gasteiger charge is -2.26. The van der Waals surface area contributed by atoms with Crippen LogP contribution in [0.3, 0.4) is 0 Å². The lowest BCUT2D eigenvalue weighted by Crippen LogP contribution is -2.09. The van der Waals surface area contributed by atoms with Crippen LogP contribution in [-0.2, 0) is 0 Å². The fraction of sp³-hybridized carbons (Fsp3) is 0. The monoisotopic (exact) mass is 561 g/mol. The number of fused-ring (bicyclic) bond motifs is 7. The maximum absolute atomic E-state index is 6.94. The van der Waals surface area contributed by atoms with Crippen molar-refractivity contribution in [1.29, 1.82) is 0 Å². The average Bonchev–Trinajstić information content (AvgIpc) is 3.47. The van der Waals surface area contributed by atoms with Gasteiger partial charge in [0.25, 0.3) is 0 Å². The highest BCUT2D eigenvalue weighted by molar-refractivity contribution is 6.25. The predicted octanol–water partition coefficient (Wildman–Crippen LogP) is 12.2. The highest BCUT2D eigenvalue weighted by Crippen LogP contribution is 2.48. The summed E-state index contributed by atoms with van der Waals surface area (Å²) in [7, 11) is 0. The molecule has 8 aromatic carbocycles. The van der Waals surface area contributed by atoms with Crippen molar-refractivity contribution in [3.8, 4) is 11.1 Å². The third kappa shape index (κ3) is 3.75. The summed E-state index contributed by atoms with van der Waals surface area (Å²) in [5.41, 5.74) is 7.38. The molecule has 1 aromatic heterocycles. The Morgan fingerprint density at radius 3 is 1.68 bits per heavy atom. The number of rotatable bonds is 4. The summed E-state index contributed by atoms with van der Waals surface area (Å²) in [6.45, 7) is 0. The highest BCUT2D eigenvalue weighted by Gasteiger charge is 2.23. The third-order valence-electron chi connectivity index (χ3n) is 8.79. The molecule has 44 heavy (non-hydrogen) atoms. The Balaban J connectivity index is 1.43. The van der Waals surface area contributed by atoms with Crippen LogP contribution in [0, 0.1) is 0 Å². The number of furan rings is 1. The first-order valence-corrected chi connectivity index (χ1v) is 15.0. The van der Waals surface area contributed by atoms with Gasteiger partial charge in [0.2, 0.25) is 0 Å². The summed E-state index contributed by atoms with van der Waals surface area (Å²) < 4.78 is 6.94. The van der Waals surface area contributed by atoms with Crippen molar-refractivity contribution in [3.63, 3.8) is 0 Å². The van der Waals surface area contributed by atoms with Crippen LogP contribution in [0.1, 0.15) is 0 Å². The van der Waals surface area contributed by atoms with Gasteiger partial charge in [0.05, 0.1) is 11.1 Å². The maximum Gasteiger partial charge on any atom is 0.143 e. The topological polar surface area (TPSA) is 16.4 Å². The van der Waals surface area contributed by atoms with Gasteiger partial charge in [0.1, 0.15) is 11.2 Å². The van der Waals surface area contributed by atoms with Crippen LogP contribution in [0.5, 0.6) is 0 Å². The highest BCUT2D eigenvalue weighted by atomic mass is 16.3. The summed E-state index contributed by atoms with van der Waals surface area (Å²) in [4.78, 5) is 2.33. The minimum Gasteiger partial charge on any atom is -0.455 e. The smallest absolute Gasteiger partial charge is 0.143 e. The number of hydrogen-bond donors (Lipinski definition) is 0. The van der Waals surface area contributed by atoms with E-state index in [9.17, 15) is 0 Å². The molecule has 0 atom stereocenters. The predicted molar refractivity (Wildman–Crippen MR) is 186 cm³/mol. The molecule has 9 aromatic rings. The molecule has 0 N–H and O–H groups in total. The van der Waals surface area contributed by atoms with Gasteiger partial charge in [-0.2, -0.15) is 0 Å². The lowest BCUT2D eigenvalue weighted by atomic mass is 9.89. The molecule has 0 aliphatic heterocycles. The fourth-order valence-electron chi connectivity index (χ4n) is 6.90. The standard InChI is InChI=1S/C42H27NO/c1-3-16-30(17-4-1)43(31-18-5-2-6-19-31)38-24-13-25-39-41(38)37-27-29-15-8-10-21-33(29)40(42(37)44-39)36-26-28-14-7-9-20-32(28)34-22-11-12-23-35(34)36/h1-27H. The minimum absolute atomic E-state index is 0.871. The molecule has 0 saturated heterocycles. The third-order valence-corrected chi connectivity index (χ3v) is 8.79. The number of nitrogens with zero attached hydrogens (tertiary/aromatic N) is 1. The molecular formula is C42H27NO. The van der Waals surface area contributed by atoms with Crippen LogP contribution in [0.2, 0.25) is 0 Å². The van der Waals surface area contributed by atoms with Crippen molar-refractivity contribution in [2.45, 2.75) is 0 Å². The normalized spacial score (nSPS) is 11.6. The molecule has 2 heteroatoms. The van der Waals surface area contributed by atoms with E-state index in [1.165, 1.54) is 37.9 Å². The summed E-state index contributed by atoms with van der Waals surface area (Å²) >= 11 is 0. The van der Waals surface area contributed by atoms with Crippen LogP contribution in [0.25, 0.3) is 65.4 Å². The zero-order valence-corrected chi connectivity index (χ0v) is 23.9. The van der Waals surface area contributed by atoms with E-state index >= 15 is 0 Å². The van der Waals surface area contributed by atoms with E-state index in [0.717, 1.165) is 44.6 Å². The summed E-state index contributed by atoms with van der Waals surface area (Å²) in [5.74, 6) is 0. The van der Waals surface area contributed by atoms with Gasteiger partial charge in [0.15, 0.2) is 0 Å². The van der Waals surface area contributed by atoms with E-state index in [4.69, 9.17) is 4.42 Å². The van der Waals surface area contributed by atoms with Gasteiger partial charge in [0, 0.05) is 22.3 Å². The second kappa shape index (κ2) is 9.86. The van der Waals surface area contributed by atoms with Crippen molar-refractivity contribution in [2.75, 3.05) is 4.90 Å². The zero-order chi connectivity index (χ0) is 29.0. The van der Waals surface area contributed by atoms with Crippen molar-refractivity contribution < 1.29 is 4.42 Å². The van der Waals surface area contributed by atoms with Crippen molar-refractivity contribution in [1.82, 2.24) is 0 Å². The van der Waals surface area contributed by atoms with Crippen molar-refractivity contribution >= 4 is 71.3 Å². The summed E-state index contributed by atoms with van der Waals surface area (Å²) in [6, 6.07) is 58.3. The Labute approximate surface area is 255 Å². The molecule has 2 nitrogen and oxygen atoms in total. The SMILES string of the molecule is c1ccc(N(c2ccccc2)c2cccc3oc4c(-c5cc6ccccc6c6ccccc56)c5ccccc5cc4c23)cc1. The molecule has 0 aliphatic carbocycles. The first kappa shape index (κ1) is 24.7. The lowest BCUT2D eigenvalue weighted by molar-refractivity contribution is 0.670. The van der Waals surface area contributed by atoms with Gasteiger partial charge in [-0.15, -0.1) is 0 Å². The number of hydrogen-bond acceptors (Lipinski definition) is 2. The Hall–Kier alpha value is -5.86. The van der Waals surface area contributed by atoms with Crippen molar-refractivity contribution in [3.05, 3.63) is 164 Å². The van der Waals surface area contributed by atoms with Crippen molar-refractivity contribution in [2.24, 2.45) is 0 Å². The van der Waals surface area contributed by atoms with Gasteiger partial charge in [-0.3, -0.25) is 0 Å². The number of benzene rings is 8. The number of para-hydroxylation sites is 2. The van der Waals surface area contributed by atoms with E-state index in [-0.39, 0.29) is 0 Å². The minimum atomic E-state index is 0.871. The largest absolute Gasteiger partial charge is 0.455 e. The van der Waals surface area contributed by atoms with E-state index in [2.05, 4.69) is 169 Å². The molecule has 0 bridgehead atoms. The summed E-state index contributed by atoms with van der Waals surface area (Å²) in [5, 5.41) is 9.54. The van der Waals surface area contributed by atoms with Gasteiger partial charge in [-0.05, 0) is 86.4 Å². The Morgan fingerprint density at radius 1 is 0.409 bits per heavy atom. The molecule has 0 saturated carbocycles. The molecule has 1 heterocycles. The van der Waals surface area contributed by atoms with Gasteiger partial charge < -0.3 is 9.32 Å². The average molecular weight is 562 g/mol. The molecule has 0 radical (unpaired) electrons. The molecular weight excluding hydrogens is 534 g/mol. The maximum atomic E-state index is 6.94. The van der Waals surface area contributed by atoms with Crippen LogP contribution >= 0.6 is 0 Å². The Kier molecular flexibility index (Phi) is 5.54. The van der Waals surface area contributed by atoms with E-state index in [0.29, 0.717) is 0 Å². The second-order valence-corrected chi connectivity index (χ2v) is 11.3. The molecule has 0 spiro atoms. The summed E-state index contributed by atoms with van der Waals surface area (Å²) in [6.07, 6.45) is 0. The molecule has 0 fully saturated rings. The quantitative estimate of drug-likeness (QED) is 0.199. The number of anilines is 3. The zero-order valence-electron chi connectivity index (χ0n) is 23.9. The molecule has 0 unspecified atom stereocenters. The van der Waals surface area contributed by atoms with Gasteiger partial charge >= 0.3 is 0 Å². The molecule has 9 rings (SSSR count). The van der Waals surface area contributed by atoms with E-state index < -0.39 is 0 Å². The fourth-order valence-corrected chi connectivity index (χ4v) is 6.90. The van der Waals surface area contributed by atoms with Gasteiger partial charge in [-0.1, -0.05) is 115 Å². The van der Waals surface area contributed by atoms with E-state index in [1.807, 2.05) is 0 Å². The van der Waals surface area contributed by atoms with Gasteiger partial charge in [-0.25, -0.2) is 0 Å². The Morgan fingerprint density at radius 2 is 0.977 bits per heavy atom. The van der Waals surface area contributed by atoms with E-state index in [1.54, 1.807) is 0 Å². The molecule has 0 amide bonds. The van der Waals surface area contributed by atoms with Crippen LogP contribution in [0.15, 0.2) is 168 Å². The van der Waals surface area contributed by atoms with Crippen LogP contribution in [0.4, 0.5) is 17.1 Å². The Bertz CT molecular complexity index is 2450. The first-order valence-electron chi connectivity index (χ1n) is 15.0.